The van der Waals surface area contributed by atoms with Crippen LogP contribution in [0, 0.1) is 5.82 Å². The van der Waals surface area contributed by atoms with Crippen LogP contribution in [0.3, 0.4) is 0 Å². The van der Waals surface area contributed by atoms with Crippen LogP contribution in [0.15, 0.2) is 46.9 Å². The van der Waals surface area contributed by atoms with Gasteiger partial charge in [-0.3, -0.25) is 4.79 Å². The third kappa shape index (κ3) is 4.29. The van der Waals surface area contributed by atoms with Crippen molar-refractivity contribution in [2.45, 2.75) is 25.3 Å². The van der Waals surface area contributed by atoms with Crippen LogP contribution in [0.25, 0.3) is 0 Å². The first-order valence-corrected chi connectivity index (χ1v) is 11.5. The topological polar surface area (TPSA) is 35.9 Å². The van der Waals surface area contributed by atoms with Crippen LogP contribution in [-0.4, -0.2) is 44.7 Å². The van der Waals surface area contributed by atoms with E-state index >= 15 is 0 Å². The Morgan fingerprint density at radius 2 is 2.00 bits per heavy atom. The van der Waals surface area contributed by atoms with Gasteiger partial charge in [0.15, 0.2) is 0 Å². The minimum atomic E-state index is -0.287. The predicted molar refractivity (Wildman–Crippen MR) is 117 cm³/mol. The van der Waals surface area contributed by atoms with Gasteiger partial charge in [-0.05, 0) is 42.0 Å². The lowest BCUT2D eigenvalue weighted by Gasteiger charge is -2.23. The molecule has 3 heterocycles. The number of thiophene rings is 1. The first kappa shape index (κ1) is 19.5. The number of benzene rings is 1. The smallest absolute Gasteiger partial charge is 0.253 e. The Balaban J connectivity index is 1.50. The Morgan fingerprint density at radius 1 is 1.25 bits per heavy atom. The van der Waals surface area contributed by atoms with Gasteiger partial charge >= 0.3 is 0 Å². The molecule has 1 amide bonds. The van der Waals surface area contributed by atoms with Crippen LogP contribution in [-0.2, 0) is 4.79 Å². The van der Waals surface area contributed by atoms with E-state index in [0.29, 0.717) is 6.42 Å². The molecule has 1 saturated heterocycles. The van der Waals surface area contributed by atoms with Crippen molar-refractivity contribution >= 4 is 51.3 Å². The number of carbonyl (C=O) groups is 1. The molecule has 1 aromatic heterocycles. The number of hydrogen-bond acceptors (Lipinski definition) is 5. The summed E-state index contributed by atoms with van der Waals surface area (Å²) in [5.74, 6) is -0.105. The third-order valence-corrected chi connectivity index (χ3v) is 7.34. The van der Waals surface area contributed by atoms with Gasteiger partial charge in [-0.25, -0.2) is 9.40 Å². The van der Waals surface area contributed by atoms with E-state index in [0.717, 1.165) is 46.4 Å². The second kappa shape index (κ2) is 8.71. The molecule has 1 aromatic carbocycles. The van der Waals surface area contributed by atoms with Crippen molar-refractivity contribution in [2.24, 2.45) is 5.10 Å². The van der Waals surface area contributed by atoms with E-state index < -0.39 is 0 Å². The quantitative estimate of drug-likeness (QED) is 0.656. The van der Waals surface area contributed by atoms with Crippen LogP contribution in [0.1, 0.15) is 35.7 Å². The number of rotatable bonds is 4. The molecular weight excluding hydrogens is 413 g/mol. The second-order valence-electron chi connectivity index (χ2n) is 6.78. The summed E-state index contributed by atoms with van der Waals surface area (Å²) in [6, 6.07) is 10.1. The van der Waals surface area contributed by atoms with E-state index in [1.54, 1.807) is 28.5 Å². The van der Waals surface area contributed by atoms with Gasteiger partial charge in [-0.1, -0.05) is 42.2 Å². The van der Waals surface area contributed by atoms with E-state index in [-0.39, 0.29) is 23.5 Å². The third-order valence-electron chi connectivity index (χ3n) is 4.91. The van der Waals surface area contributed by atoms with E-state index in [4.69, 9.17) is 12.2 Å². The molecule has 2 aliphatic rings. The number of thioether (sulfide) groups is 1. The fraction of sp³-hybridized carbons (Fsp3) is 0.350. The molecule has 0 aliphatic carbocycles. The predicted octanol–water partition coefficient (Wildman–Crippen LogP) is 4.68. The number of hydrazone groups is 1. The normalized spacial score (nSPS) is 19.2. The fourth-order valence-corrected chi connectivity index (χ4v) is 5.28. The van der Waals surface area contributed by atoms with Crippen LogP contribution in [0.5, 0.6) is 0 Å². The monoisotopic (exact) mass is 433 g/mol. The summed E-state index contributed by atoms with van der Waals surface area (Å²) < 4.78 is 14.1. The largest absolute Gasteiger partial charge is 0.358 e. The zero-order valence-corrected chi connectivity index (χ0v) is 17.7. The van der Waals surface area contributed by atoms with E-state index in [2.05, 4.69) is 10.0 Å². The number of hydrogen-bond donors (Lipinski definition) is 0. The Morgan fingerprint density at radius 3 is 2.68 bits per heavy atom. The summed E-state index contributed by atoms with van der Waals surface area (Å²) in [5.41, 5.74) is 1.78. The fourth-order valence-electron chi connectivity index (χ4n) is 3.46. The number of thiocarbonyl (C=S) groups is 1. The molecule has 0 unspecified atom stereocenters. The van der Waals surface area contributed by atoms with Crippen molar-refractivity contribution in [1.82, 2.24) is 9.91 Å². The summed E-state index contributed by atoms with van der Waals surface area (Å²) >= 11 is 8.49. The lowest BCUT2D eigenvalue weighted by atomic mass is 10.0. The highest BCUT2D eigenvalue weighted by molar-refractivity contribution is 8.23. The van der Waals surface area contributed by atoms with Crippen molar-refractivity contribution in [3.05, 3.63) is 58.0 Å². The average molecular weight is 434 g/mol. The molecule has 0 saturated carbocycles. The maximum atomic E-state index is 13.4. The molecule has 8 heteroatoms. The van der Waals surface area contributed by atoms with Crippen LogP contribution >= 0.6 is 35.3 Å². The van der Waals surface area contributed by atoms with Gasteiger partial charge in [-0.2, -0.15) is 5.10 Å². The van der Waals surface area contributed by atoms with Gasteiger partial charge in [-0.15, -0.1) is 11.3 Å². The lowest BCUT2D eigenvalue weighted by Crippen LogP contribution is -2.30. The summed E-state index contributed by atoms with van der Waals surface area (Å²) in [6.45, 7) is 1.95. The molecule has 0 N–H and O–H groups in total. The molecule has 146 valence electrons. The van der Waals surface area contributed by atoms with Gasteiger partial charge in [0.05, 0.1) is 22.4 Å². The molecule has 28 heavy (non-hydrogen) atoms. The number of amides is 1. The number of nitrogens with zero attached hydrogens (tertiary/aromatic N) is 3. The Bertz CT molecular complexity index is 877. The standard InChI is InChI=1S/C20H20FN3OS3/c21-15-7-5-14(6-8-15)17-12-16(18-4-3-11-27-18)22-24(17)19(25)13-28-20(26)23-9-1-2-10-23/h3-8,11,17H,1-2,9-10,12-13H2/t17-/m1/s1. The molecular formula is C20H20FN3OS3. The van der Waals surface area contributed by atoms with Crippen molar-refractivity contribution in [1.29, 1.82) is 0 Å². The summed E-state index contributed by atoms with van der Waals surface area (Å²) in [7, 11) is 0. The van der Waals surface area contributed by atoms with Gasteiger partial charge in [0, 0.05) is 19.5 Å². The van der Waals surface area contributed by atoms with Gasteiger partial charge in [0.25, 0.3) is 5.91 Å². The summed E-state index contributed by atoms with van der Waals surface area (Å²) in [4.78, 5) is 16.2. The van der Waals surface area contributed by atoms with E-state index in [1.807, 2.05) is 17.5 Å². The highest BCUT2D eigenvalue weighted by atomic mass is 32.2. The number of likely N-dealkylation sites (tertiary alicyclic amines) is 1. The molecule has 0 radical (unpaired) electrons. The first-order chi connectivity index (χ1) is 13.6. The molecule has 4 rings (SSSR count). The highest BCUT2D eigenvalue weighted by Crippen LogP contribution is 2.34. The SMILES string of the molecule is O=C(CSC(=S)N1CCCC1)N1N=C(c2cccs2)C[C@@H]1c1ccc(F)cc1. The van der Waals surface area contributed by atoms with E-state index in [1.165, 1.54) is 23.9 Å². The minimum absolute atomic E-state index is 0.0765. The maximum Gasteiger partial charge on any atom is 0.253 e. The molecule has 2 aliphatic heterocycles. The van der Waals surface area contributed by atoms with Crippen molar-refractivity contribution in [3.8, 4) is 0 Å². The maximum absolute atomic E-state index is 13.4. The molecule has 0 spiro atoms. The highest BCUT2D eigenvalue weighted by Gasteiger charge is 2.33. The second-order valence-corrected chi connectivity index (χ2v) is 9.34. The van der Waals surface area contributed by atoms with Crippen molar-refractivity contribution in [2.75, 3.05) is 18.8 Å². The number of halogens is 1. The zero-order valence-electron chi connectivity index (χ0n) is 15.2. The summed E-state index contributed by atoms with van der Waals surface area (Å²) in [5, 5.41) is 8.19. The van der Waals surface area contributed by atoms with Crippen LogP contribution in [0.4, 0.5) is 4.39 Å². The van der Waals surface area contributed by atoms with Crippen molar-refractivity contribution < 1.29 is 9.18 Å². The molecule has 2 aromatic rings. The Labute approximate surface area is 177 Å². The van der Waals surface area contributed by atoms with Gasteiger partial charge in [0.1, 0.15) is 10.1 Å². The number of carbonyl (C=O) groups excluding carboxylic acids is 1. The van der Waals surface area contributed by atoms with Crippen LogP contribution in [0.2, 0.25) is 0 Å². The summed E-state index contributed by atoms with van der Waals surface area (Å²) in [6.07, 6.45) is 2.93. The molecule has 1 atom stereocenters. The van der Waals surface area contributed by atoms with Crippen LogP contribution < -0.4 is 0 Å². The molecule has 0 bridgehead atoms. The Kier molecular flexibility index (Phi) is 6.08. The van der Waals surface area contributed by atoms with E-state index in [9.17, 15) is 9.18 Å². The molecule has 1 fully saturated rings. The Hall–Kier alpha value is -1.77. The van der Waals surface area contributed by atoms with Gasteiger partial charge < -0.3 is 4.90 Å². The van der Waals surface area contributed by atoms with Gasteiger partial charge in [0.2, 0.25) is 0 Å². The zero-order chi connectivity index (χ0) is 19.5. The lowest BCUT2D eigenvalue weighted by molar-refractivity contribution is -0.130. The molecule has 4 nitrogen and oxygen atoms in total. The van der Waals surface area contributed by atoms with Crippen molar-refractivity contribution in [3.63, 3.8) is 0 Å². The first-order valence-electron chi connectivity index (χ1n) is 9.22. The minimum Gasteiger partial charge on any atom is -0.358 e. The average Bonchev–Trinajstić information content (AvgIpc) is 3.47.